The molecule has 1 aliphatic rings. The first-order chi connectivity index (χ1) is 11.1. The largest absolute Gasteiger partial charge is 0.465 e. The molecule has 2 atom stereocenters. The molecule has 1 N–H and O–H groups in total. The zero-order valence-electron chi connectivity index (χ0n) is 12.6. The van der Waals surface area contributed by atoms with E-state index < -0.39 is 12.2 Å². The van der Waals surface area contributed by atoms with Crippen molar-refractivity contribution in [2.75, 3.05) is 26.2 Å². The Morgan fingerprint density at radius 1 is 1.61 bits per heavy atom. The topological polar surface area (TPSA) is 98.5 Å². The number of nitrogens with zero attached hydrogens (tertiary/aromatic N) is 4. The predicted molar refractivity (Wildman–Crippen MR) is 81.4 cm³/mol. The highest BCUT2D eigenvalue weighted by atomic mass is 19.1. The van der Waals surface area contributed by atoms with Crippen LogP contribution in [0.3, 0.4) is 0 Å². The van der Waals surface area contributed by atoms with E-state index in [1.165, 1.54) is 17.0 Å². The fourth-order valence-electron chi connectivity index (χ4n) is 2.88. The number of carbonyl (C=O) groups is 1. The van der Waals surface area contributed by atoms with Gasteiger partial charge in [-0.25, -0.2) is 9.18 Å². The summed E-state index contributed by atoms with van der Waals surface area (Å²) in [7, 11) is 0. The van der Waals surface area contributed by atoms with Crippen molar-refractivity contribution >= 4 is 6.09 Å². The maximum atomic E-state index is 13.5. The van der Waals surface area contributed by atoms with Gasteiger partial charge in [0, 0.05) is 30.5 Å². The van der Waals surface area contributed by atoms with Crippen LogP contribution in [0, 0.1) is 11.7 Å². The minimum Gasteiger partial charge on any atom is -0.465 e. The molecule has 1 saturated heterocycles. The highest BCUT2D eigenvalue weighted by molar-refractivity contribution is 5.65. The van der Waals surface area contributed by atoms with Gasteiger partial charge in [0.25, 0.3) is 0 Å². The molecule has 0 saturated carbocycles. The molecule has 1 aliphatic heterocycles. The lowest BCUT2D eigenvalue weighted by atomic mass is 9.88. The third kappa shape index (κ3) is 4.84. The summed E-state index contributed by atoms with van der Waals surface area (Å²) in [5.41, 5.74) is 8.98. The first-order valence-electron chi connectivity index (χ1n) is 7.47. The van der Waals surface area contributed by atoms with E-state index in [-0.39, 0.29) is 24.9 Å². The molecule has 0 aliphatic carbocycles. The van der Waals surface area contributed by atoms with Crippen LogP contribution in [0.2, 0.25) is 0 Å². The van der Waals surface area contributed by atoms with Crippen LogP contribution in [-0.4, -0.2) is 42.3 Å². The van der Waals surface area contributed by atoms with E-state index in [0.29, 0.717) is 18.7 Å². The van der Waals surface area contributed by atoms with E-state index in [4.69, 9.17) is 15.4 Å². The molecular formula is C15H19FN4O3. The molecule has 7 nitrogen and oxygen atoms in total. The van der Waals surface area contributed by atoms with Crippen LogP contribution in [0.5, 0.6) is 0 Å². The van der Waals surface area contributed by atoms with Gasteiger partial charge < -0.3 is 14.7 Å². The lowest BCUT2D eigenvalue weighted by molar-refractivity contribution is -0.00987. The van der Waals surface area contributed by atoms with Gasteiger partial charge in [-0.1, -0.05) is 17.2 Å². The highest BCUT2D eigenvalue weighted by Crippen LogP contribution is 2.33. The molecule has 0 spiro atoms. The number of piperidine rings is 1. The number of hydrogen-bond donors (Lipinski definition) is 1. The second kappa shape index (κ2) is 8.36. The van der Waals surface area contributed by atoms with Crippen LogP contribution in [0.1, 0.15) is 24.5 Å². The van der Waals surface area contributed by atoms with Crippen LogP contribution in [0.25, 0.3) is 10.4 Å². The molecule has 0 bridgehead atoms. The first kappa shape index (κ1) is 17.1. The summed E-state index contributed by atoms with van der Waals surface area (Å²) in [4.78, 5) is 15.2. The SMILES string of the molecule is [N-]=[N+]=NCCO[C@@H](c1cccc(F)c1)C1CCCN(C(=O)O)C1. The van der Waals surface area contributed by atoms with Crippen molar-refractivity contribution in [1.82, 2.24) is 4.90 Å². The molecular weight excluding hydrogens is 303 g/mol. The summed E-state index contributed by atoms with van der Waals surface area (Å²) < 4.78 is 19.3. The molecule has 1 amide bonds. The van der Waals surface area contributed by atoms with Gasteiger partial charge in [-0.2, -0.15) is 0 Å². The van der Waals surface area contributed by atoms with Crippen LogP contribution >= 0.6 is 0 Å². The van der Waals surface area contributed by atoms with Crippen LogP contribution in [0.4, 0.5) is 9.18 Å². The molecule has 124 valence electrons. The Morgan fingerprint density at radius 3 is 3.13 bits per heavy atom. The van der Waals surface area contributed by atoms with Crippen molar-refractivity contribution in [3.8, 4) is 0 Å². The number of hydrogen-bond acceptors (Lipinski definition) is 3. The monoisotopic (exact) mass is 322 g/mol. The third-order valence-electron chi connectivity index (χ3n) is 3.89. The zero-order chi connectivity index (χ0) is 16.7. The lowest BCUT2D eigenvalue weighted by Crippen LogP contribution is -2.41. The van der Waals surface area contributed by atoms with Crippen molar-refractivity contribution in [2.45, 2.75) is 18.9 Å². The maximum Gasteiger partial charge on any atom is 0.407 e. The van der Waals surface area contributed by atoms with E-state index in [1.54, 1.807) is 12.1 Å². The minimum atomic E-state index is -0.957. The van der Waals surface area contributed by atoms with Crippen LogP contribution < -0.4 is 0 Å². The normalized spacial score (nSPS) is 19.0. The third-order valence-corrected chi connectivity index (χ3v) is 3.89. The van der Waals surface area contributed by atoms with E-state index in [0.717, 1.165) is 12.8 Å². The Morgan fingerprint density at radius 2 is 2.43 bits per heavy atom. The average Bonchev–Trinajstić information content (AvgIpc) is 2.55. The molecule has 0 radical (unpaired) electrons. The van der Waals surface area contributed by atoms with Gasteiger partial charge in [-0.3, -0.25) is 0 Å². The van der Waals surface area contributed by atoms with Gasteiger partial charge in [-0.05, 0) is 36.1 Å². The van der Waals surface area contributed by atoms with Crippen LogP contribution in [0.15, 0.2) is 29.4 Å². The van der Waals surface area contributed by atoms with Gasteiger partial charge >= 0.3 is 6.09 Å². The fourth-order valence-corrected chi connectivity index (χ4v) is 2.88. The number of carboxylic acid groups (broad SMARTS) is 1. The summed E-state index contributed by atoms with van der Waals surface area (Å²) in [6.07, 6.45) is 0.151. The smallest absolute Gasteiger partial charge is 0.407 e. The Balaban J connectivity index is 2.14. The summed E-state index contributed by atoms with van der Waals surface area (Å²) in [6, 6.07) is 6.12. The van der Waals surface area contributed by atoms with Gasteiger partial charge in [-0.15, -0.1) is 0 Å². The van der Waals surface area contributed by atoms with E-state index >= 15 is 0 Å². The summed E-state index contributed by atoms with van der Waals surface area (Å²) in [5.74, 6) is -0.426. The molecule has 1 aromatic carbocycles. The summed E-state index contributed by atoms with van der Waals surface area (Å²) >= 11 is 0. The standard InChI is InChI=1S/C15H19FN4O3/c16-13-5-1-3-11(9-13)14(23-8-6-18-19-17)12-4-2-7-20(10-12)15(21)22/h1,3,5,9,12,14H,2,4,6-8,10H2,(H,21,22)/t12?,14-/m0/s1. The van der Waals surface area contributed by atoms with E-state index in [1.807, 2.05) is 0 Å². The second-order valence-electron chi connectivity index (χ2n) is 5.43. The summed E-state index contributed by atoms with van der Waals surface area (Å²) in [5, 5.41) is 12.6. The van der Waals surface area contributed by atoms with Crippen molar-refractivity contribution in [2.24, 2.45) is 11.0 Å². The van der Waals surface area contributed by atoms with Gasteiger partial charge in [0.15, 0.2) is 0 Å². The Labute approximate surface area is 133 Å². The molecule has 23 heavy (non-hydrogen) atoms. The van der Waals surface area contributed by atoms with Gasteiger partial charge in [0.2, 0.25) is 0 Å². The Kier molecular flexibility index (Phi) is 6.19. The van der Waals surface area contributed by atoms with E-state index in [9.17, 15) is 9.18 Å². The van der Waals surface area contributed by atoms with Crippen molar-refractivity contribution in [3.05, 3.63) is 46.1 Å². The Hall–Kier alpha value is -2.31. The highest BCUT2D eigenvalue weighted by Gasteiger charge is 2.31. The molecule has 1 fully saturated rings. The molecule has 1 aromatic rings. The van der Waals surface area contributed by atoms with Crippen molar-refractivity contribution in [3.63, 3.8) is 0 Å². The van der Waals surface area contributed by atoms with Crippen molar-refractivity contribution < 1.29 is 19.0 Å². The number of likely N-dealkylation sites (tertiary alicyclic amines) is 1. The molecule has 2 rings (SSSR count). The Bertz CT molecular complexity index is 592. The number of amides is 1. The molecule has 1 unspecified atom stereocenters. The van der Waals surface area contributed by atoms with E-state index in [2.05, 4.69) is 10.0 Å². The minimum absolute atomic E-state index is 0.0623. The predicted octanol–water partition coefficient (Wildman–Crippen LogP) is 3.58. The second-order valence-corrected chi connectivity index (χ2v) is 5.43. The first-order valence-corrected chi connectivity index (χ1v) is 7.47. The van der Waals surface area contributed by atoms with Gasteiger partial charge in [0.1, 0.15) is 5.82 Å². The number of halogens is 1. The summed E-state index contributed by atoms with van der Waals surface area (Å²) in [6.45, 7) is 1.23. The zero-order valence-corrected chi connectivity index (χ0v) is 12.6. The number of rotatable bonds is 6. The van der Waals surface area contributed by atoms with Crippen LogP contribution in [-0.2, 0) is 4.74 Å². The van der Waals surface area contributed by atoms with Crippen molar-refractivity contribution in [1.29, 1.82) is 0 Å². The molecule has 8 heteroatoms. The maximum absolute atomic E-state index is 13.5. The fraction of sp³-hybridized carbons (Fsp3) is 0.533. The molecule has 1 heterocycles. The average molecular weight is 322 g/mol. The lowest BCUT2D eigenvalue weighted by Gasteiger charge is -2.35. The number of benzene rings is 1. The molecule has 0 aromatic heterocycles. The number of ether oxygens (including phenoxy) is 1. The van der Waals surface area contributed by atoms with Gasteiger partial charge in [0.05, 0.1) is 12.7 Å². The quantitative estimate of drug-likeness (QED) is 0.375. The number of azide groups is 1.